The van der Waals surface area contributed by atoms with Crippen LogP contribution >= 0.6 is 0 Å². The number of hydrogen-bond acceptors (Lipinski definition) is 3. The van der Waals surface area contributed by atoms with E-state index in [1.165, 1.54) is 13.2 Å². The Morgan fingerprint density at radius 2 is 2.05 bits per heavy atom. The summed E-state index contributed by atoms with van der Waals surface area (Å²) in [5.41, 5.74) is 5.22. The van der Waals surface area contributed by atoms with Crippen LogP contribution in [0, 0.1) is 5.92 Å². The van der Waals surface area contributed by atoms with Crippen molar-refractivity contribution in [1.82, 2.24) is 0 Å². The highest BCUT2D eigenvalue weighted by Crippen LogP contribution is 2.33. The van der Waals surface area contributed by atoms with Gasteiger partial charge in [0.2, 0.25) is 0 Å². The van der Waals surface area contributed by atoms with Crippen molar-refractivity contribution in [3.05, 3.63) is 29.3 Å². The zero-order valence-electron chi connectivity index (χ0n) is 10.7. The molecule has 0 aliphatic carbocycles. The first-order valence-corrected chi connectivity index (χ1v) is 5.97. The first kappa shape index (κ1) is 15.8. The van der Waals surface area contributed by atoms with Crippen LogP contribution in [-0.4, -0.2) is 25.4 Å². The van der Waals surface area contributed by atoms with Gasteiger partial charge in [0, 0.05) is 6.61 Å². The SMILES string of the molecule is COc1ccc(C(F)(F)F)cc1CCC(CN)CO. The topological polar surface area (TPSA) is 55.5 Å². The molecule has 0 bridgehead atoms. The van der Waals surface area contributed by atoms with Crippen molar-refractivity contribution < 1.29 is 23.0 Å². The van der Waals surface area contributed by atoms with Crippen molar-refractivity contribution in [1.29, 1.82) is 0 Å². The van der Waals surface area contributed by atoms with Gasteiger partial charge in [-0.1, -0.05) is 0 Å². The van der Waals surface area contributed by atoms with Crippen LogP contribution in [0.3, 0.4) is 0 Å². The molecule has 3 nitrogen and oxygen atoms in total. The average Bonchev–Trinajstić information content (AvgIpc) is 2.38. The zero-order valence-corrected chi connectivity index (χ0v) is 10.7. The molecule has 1 aromatic rings. The van der Waals surface area contributed by atoms with Crippen LogP contribution in [-0.2, 0) is 12.6 Å². The minimum Gasteiger partial charge on any atom is -0.496 e. The number of hydrogen-bond donors (Lipinski definition) is 2. The third-order valence-electron chi connectivity index (χ3n) is 3.02. The second-order valence-corrected chi connectivity index (χ2v) is 4.35. The maximum atomic E-state index is 12.6. The number of aryl methyl sites for hydroxylation is 1. The van der Waals surface area contributed by atoms with Gasteiger partial charge in [0.15, 0.2) is 0 Å². The molecule has 3 N–H and O–H groups in total. The molecule has 1 unspecified atom stereocenters. The summed E-state index contributed by atoms with van der Waals surface area (Å²) in [5, 5.41) is 9.02. The van der Waals surface area contributed by atoms with Crippen LogP contribution in [0.5, 0.6) is 5.75 Å². The summed E-state index contributed by atoms with van der Waals surface area (Å²) >= 11 is 0. The lowest BCUT2D eigenvalue weighted by Crippen LogP contribution is -2.19. The second-order valence-electron chi connectivity index (χ2n) is 4.35. The van der Waals surface area contributed by atoms with Crippen molar-refractivity contribution in [3.63, 3.8) is 0 Å². The highest BCUT2D eigenvalue weighted by atomic mass is 19.4. The fourth-order valence-corrected chi connectivity index (χ4v) is 1.79. The standard InChI is InChI=1S/C13H18F3NO2/c1-19-12-5-4-11(13(14,15)16)6-10(12)3-2-9(7-17)8-18/h4-6,9,18H,2-3,7-8,17H2,1H3. The Morgan fingerprint density at radius 3 is 2.53 bits per heavy atom. The summed E-state index contributed by atoms with van der Waals surface area (Å²) in [6.45, 7) is 0.232. The molecule has 0 spiro atoms. The Balaban J connectivity index is 2.90. The molecule has 0 aromatic heterocycles. The molecule has 1 rings (SSSR count). The Bertz CT molecular complexity index is 403. The summed E-state index contributed by atoms with van der Waals surface area (Å²) in [6.07, 6.45) is -3.47. The third kappa shape index (κ3) is 4.40. The maximum Gasteiger partial charge on any atom is 0.416 e. The molecular formula is C13H18F3NO2. The van der Waals surface area contributed by atoms with Crippen molar-refractivity contribution in [2.75, 3.05) is 20.3 Å². The molecule has 19 heavy (non-hydrogen) atoms. The number of ether oxygens (including phenoxy) is 1. The van der Waals surface area contributed by atoms with Gasteiger partial charge in [-0.25, -0.2) is 0 Å². The highest BCUT2D eigenvalue weighted by Gasteiger charge is 2.31. The van der Waals surface area contributed by atoms with Gasteiger partial charge in [-0.05, 0) is 49.1 Å². The molecule has 0 aliphatic rings. The van der Waals surface area contributed by atoms with Crippen molar-refractivity contribution in [2.45, 2.75) is 19.0 Å². The van der Waals surface area contributed by atoms with Gasteiger partial charge in [0.1, 0.15) is 5.75 Å². The van der Waals surface area contributed by atoms with E-state index >= 15 is 0 Å². The molecular weight excluding hydrogens is 259 g/mol. The fourth-order valence-electron chi connectivity index (χ4n) is 1.79. The van der Waals surface area contributed by atoms with E-state index in [0.717, 1.165) is 12.1 Å². The number of halogens is 3. The Morgan fingerprint density at radius 1 is 1.37 bits per heavy atom. The molecule has 0 aliphatic heterocycles. The van der Waals surface area contributed by atoms with Gasteiger partial charge >= 0.3 is 6.18 Å². The number of aliphatic hydroxyl groups is 1. The third-order valence-corrected chi connectivity index (χ3v) is 3.02. The van der Waals surface area contributed by atoms with Crippen LogP contribution in [0.15, 0.2) is 18.2 Å². The second kappa shape index (κ2) is 6.77. The van der Waals surface area contributed by atoms with E-state index in [1.54, 1.807) is 0 Å². The molecule has 0 heterocycles. The molecule has 1 atom stereocenters. The average molecular weight is 277 g/mol. The molecule has 0 saturated carbocycles. The molecule has 0 saturated heterocycles. The van der Waals surface area contributed by atoms with Crippen LogP contribution in [0.25, 0.3) is 0 Å². The minimum absolute atomic E-state index is 0.0716. The minimum atomic E-state index is -4.37. The zero-order chi connectivity index (χ0) is 14.5. The maximum absolute atomic E-state index is 12.6. The molecule has 6 heteroatoms. The van der Waals surface area contributed by atoms with Gasteiger partial charge in [-0.3, -0.25) is 0 Å². The smallest absolute Gasteiger partial charge is 0.416 e. The van der Waals surface area contributed by atoms with Gasteiger partial charge in [0.05, 0.1) is 12.7 Å². The Hall–Kier alpha value is -1.27. The molecule has 0 amide bonds. The van der Waals surface area contributed by atoms with Crippen LogP contribution in [0.1, 0.15) is 17.5 Å². The van der Waals surface area contributed by atoms with Gasteiger partial charge in [-0.15, -0.1) is 0 Å². The predicted molar refractivity (Wildman–Crippen MR) is 65.9 cm³/mol. The van der Waals surface area contributed by atoms with E-state index < -0.39 is 11.7 Å². The lowest BCUT2D eigenvalue weighted by atomic mass is 9.98. The first-order valence-electron chi connectivity index (χ1n) is 5.97. The van der Waals surface area contributed by atoms with Crippen molar-refractivity contribution in [2.24, 2.45) is 11.7 Å². The van der Waals surface area contributed by atoms with Crippen LogP contribution < -0.4 is 10.5 Å². The number of aliphatic hydroxyl groups excluding tert-OH is 1. The number of methoxy groups -OCH3 is 1. The highest BCUT2D eigenvalue weighted by molar-refractivity contribution is 5.38. The Labute approximate surface area is 110 Å². The van der Waals surface area contributed by atoms with Crippen molar-refractivity contribution >= 4 is 0 Å². The van der Waals surface area contributed by atoms with Crippen LogP contribution in [0.2, 0.25) is 0 Å². The Kier molecular flexibility index (Phi) is 5.62. The van der Waals surface area contributed by atoms with E-state index in [2.05, 4.69) is 0 Å². The molecule has 108 valence electrons. The summed E-state index contributed by atoms with van der Waals surface area (Å²) in [4.78, 5) is 0. The number of alkyl halides is 3. The molecule has 0 radical (unpaired) electrons. The monoisotopic (exact) mass is 277 g/mol. The van der Waals surface area contributed by atoms with E-state index in [9.17, 15) is 13.2 Å². The van der Waals surface area contributed by atoms with Gasteiger partial charge < -0.3 is 15.6 Å². The molecule has 0 fully saturated rings. The lowest BCUT2D eigenvalue weighted by molar-refractivity contribution is -0.137. The number of nitrogens with two attached hydrogens (primary N) is 1. The number of benzene rings is 1. The van der Waals surface area contributed by atoms with E-state index in [-0.39, 0.29) is 12.5 Å². The predicted octanol–water partition coefficient (Wildman–Crippen LogP) is 2.21. The van der Waals surface area contributed by atoms with E-state index in [1.807, 2.05) is 0 Å². The number of rotatable bonds is 6. The largest absolute Gasteiger partial charge is 0.496 e. The quantitative estimate of drug-likeness (QED) is 0.838. The van der Waals surface area contributed by atoms with Gasteiger partial charge in [0.25, 0.3) is 0 Å². The van der Waals surface area contributed by atoms with E-state index in [0.29, 0.717) is 30.7 Å². The van der Waals surface area contributed by atoms with Crippen LogP contribution in [0.4, 0.5) is 13.2 Å². The summed E-state index contributed by atoms with van der Waals surface area (Å²) in [6, 6.07) is 3.40. The summed E-state index contributed by atoms with van der Waals surface area (Å²) in [7, 11) is 1.42. The first-order chi connectivity index (χ1) is 8.92. The molecule has 1 aromatic carbocycles. The van der Waals surface area contributed by atoms with Gasteiger partial charge in [-0.2, -0.15) is 13.2 Å². The van der Waals surface area contributed by atoms with Crippen molar-refractivity contribution in [3.8, 4) is 5.75 Å². The summed E-state index contributed by atoms with van der Waals surface area (Å²) < 4.78 is 43.0. The van der Waals surface area contributed by atoms with E-state index in [4.69, 9.17) is 15.6 Å². The summed E-state index contributed by atoms with van der Waals surface area (Å²) in [5.74, 6) is 0.306. The fraction of sp³-hybridized carbons (Fsp3) is 0.538. The lowest BCUT2D eigenvalue weighted by Gasteiger charge is -2.15. The normalized spacial score (nSPS) is 13.4.